The molecule has 0 saturated heterocycles. The van der Waals surface area contributed by atoms with Crippen LogP contribution in [0.3, 0.4) is 0 Å². The number of alkyl halides is 3. The molecular formula is C22H26F3N4OP. The van der Waals surface area contributed by atoms with E-state index >= 15 is 0 Å². The lowest BCUT2D eigenvalue weighted by Gasteiger charge is -2.20. The molecule has 1 unspecified atom stereocenters. The first-order valence-corrected chi connectivity index (χ1v) is 12.2. The van der Waals surface area contributed by atoms with E-state index in [1.165, 1.54) is 6.07 Å². The first-order chi connectivity index (χ1) is 14.5. The Morgan fingerprint density at radius 3 is 2.39 bits per heavy atom. The van der Waals surface area contributed by atoms with E-state index < -0.39 is 24.9 Å². The molecule has 1 heterocycles. The minimum absolute atomic E-state index is 0.0383. The smallest absolute Gasteiger partial charge is 0.399 e. The lowest BCUT2D eigenvalue weighted by atomic mass is 10.0. The van der Waals surface area contributed by atoms with Gasteiger partial charge in [0.05, 0.1) is 17.1 Å². The summed E-state index contributed by atoms with van der Waals surface area (Å²) in [5.41, 5.74) is 6.02. The Labute approximate surface area is 179 Å². The van der Waals surface area contributed by atoms with Crippen LogP contribution in [0.4, 0.5) is 24.7 Å². The van der Waals surface area contributed by atoms with E-state index in [4.69, 9.17) is 5.73 Å². The van der Waals surface area contributed by atoms with Crippen molar-refractivity contribution in [1.82, 2.24) is 9.97 Å². The SMILES string of the molecule is CCP(=O)(CC)c1ccc2nc(C)nc(NC(C)c3cc(N)cc(C(F)(F)F)c3)c2c1. The van der Waals surface area contributed by atoms with Gasteiger partial charge in [0.15, 0.2) is 0 Å². The van der Waals surface area contributed by atoms with Gasteiger partial charge >= 0.3 is 6.18 Å². The van der Waals surface area contributed by atoms with Crippen LogP contribution >= 0.6 is 7.14 Å². The highest BCUT2D eigenvalue weighted by atomic mass is 31.2. The molecule has 0 spiro atoms. The van der Waals surface area contributed by atoms with Crippen LogP contribution in [0.25, 0.3) is 10.9 Å². The lowest BCUT2D eigenvalue weighted by Crippen LogP contribution is -2.14. The van der Waals surface area contributed by atoms with Gasteiger partial charge in [0.25, 0.3) is 0 Å². The largest absolute Gasteiger partial charge is 0.416 e. The normalized spacial score (nSPS) is 13.4. The molecule has 0 aliphatic heterocycles. The van der Waals surface area contributed by atoms with E-state index in [1.807, 2.05) is 32.0 Å². The van der Waals surface area contributed by atoms with Crippen molar-refractivity contribution in [3.05, 3.63) is 53.3 Å². The molecule has 1 aromatic heterocycles. The number of nitrogens with one attached hydrogen (secondary N) is 1. The zero-order valence-corrected chi connectivity index (χ0v) is 18.8. The maximum atomic E-state index is 13.2. The Kier molecular flexibility index (Phi) is 6.33. The Morgan fingerprint density at radius 2 is 1.77 bits per heavy atom. The molecule has 0 radical (unpaired) electrons. The van der Waals surface area contributed by atoms with Crippen molar-refractivity contribution in [1.29, 1.82) is 0 Å². The van der Waals surface area contributed by atoms with Gasteiger partial charge in [0.1, 0.15) is 18.8 Å². The highest BCUT2D eigenvalue weighted by Gasteiger charge is 2.31. The summed E-state index contributed by atoms with van der Waals surface area (Å²) in [6, 6.07) is 8.49. The predicted octanol–water partition coefficient (Wildman–Crippen LogP) is 5.74. The van der Waals surface area contributed by atoms with E-state index in [9.17, 15) is 17.7 Å². The van der Waals surface area contributed by atoms with Crippen LogP contribution in [0.15, 0.2) is 36.4 Å². The average Bonchev–Trinajstić information content (AvgIpc) is 2.71. The molecule has 0 aliphatic rings. The van der Waals surface area contributed by atoms with Crippen LogP contribution in [-0.2, 0) is 10.7 Å². The summed E-state index contributed by atoms with van der Waals surface area (Å²) >= 11 is 0. The van der Waals surface area contributed by atoms with Gasteiger partial charge < -0.3 is 15.6 Å². The summed E-state index contributed by atoms with van der Waals surface area (Å²) in [5.74, 6) is 0.999. The monoisotopic (exact) mass is 450 g/mol. The number of nitrogen functional groups attached to an aromatic ring is 1. The molecule has 166 valence electrons. The van der Waals surface area contributed by atoms with Gasteiger partial charge in [-0.1, -0.05) is 13.8 Å². The Balaban J connectivity index is 2.06. The van der Waals surface area contributed by atoms with Crippen molar-refractivity contribution < 1.29 is 17.7 Å². The number of aryl methyl sites for hydroxylation is 1. The number of hydrogen-bond donors (Lipinski definition) is 2. The van der Waals surface area contributed by atoms with Crippen LogP contribution in [0.2, 0.25) is 0 Å². The van der Waals surface area contributed by atoms with Crippen LogP contribution in [0.5, 0.6) is 0 Å². The molecule has 0 aliphatic carbocycles. The van der Waals surface area contributed by atoms with E-state index in [-0.39, 0.29) is 5.69 Å². The molecule has 3 aromatic rings. The minimum Gasteiger partial charge on any atom is -0.399 e. The zero-order valence-electron chi connectivity index (χ0n) is 17.9. The van der Waals surface area contributed by atoms with E-state index in [1.54, 1.807) is 13.8 Å². The number of halogens is 3. The third-order valence-electron chi connectivity index (χ3n) is 5.44. The molecule has 0 fully saturated rings. The van der Waals surface area contributed by atoms with Gasteiger partial charge in [-0.15, -0.1) is 0 Å². The van der Waals surface area contributed by atoms with Gasteiger partial charge in [-0.05, 0) is 55.8 Å². The highest BCUT2D eigenvalue weighted by molar-refractivity contribution is 7.71. The quantitative estimate of drug-likeness (QED) is 0.370. The van der Waals surface area contributed by atoms with Gasteiger partial charge in [0.2, 0.25) is 0 Å². The number of anilines is 2. The fourth-order valence-corrected chi connectivity index (χ4v) is 5.45. The van der Waals surface area contributed by atoms with Crippen molar-refractivity contribution in [3.63, 3.8) is 0 Å². The number of hydrogen-bond acceptors (Lipinski definition) is 5. The standard InChI is InChI=1S/C22H26F3N4OP/c1-5-31(30,6-2)18-7-8-20-19(12-18)21(29-14(4)28-20)27-13(3)15-9-16(22(23,24)25)11-17(26)10-15/h7-13H,5-6,26H2,1-4H3,(H,27,28,29). The van der Waals surface area contributed by atoms with Gasteiger partial charge in [-0.2, -0.15) is 13.2 Å². The fourth-order valence-electron chi connectivity index (χ4n) is 3.56. The molecule has 0 amide bonds. The Hall–Kier alpha value is -2.60. The molecule has 0 bridgehead atoms. The van der Waals surface area contributed by atoms with Gasteiger partial charge in [0, 0.05) is 28.7 Å². The topological polar surface area (TPSA) is 80.9 Å². The number of aromatic nitrogens is 2. The van der Waals surface area contributed by atoms with Gasteiger partial charge in [-0.3, -0.25) is 0 Å². The van der Waals surface area contributed by atoms with Crippen molar-refractivity contribution in [2.24, 2.45) is 0 Å². The molecule has 1 atom stereocenters. The average molecular weight is 450 g/mol. The molecule has 3 rings (SSSR count). The first kappa shape index (κ1) is 23.1. The third-order valence-corrected chi connectivity index (χ3v) is 8.70. The number of nitrogens with zero attached hydrogens (tertiary/aromatic N) is 2. The van der Waals surface area contributed by atoms with E-state index in [2.05, 4.69) is 15.3 Å². The van der Waals surface area contributed by atoms with Gasteiger partial charge in [-0.25, -0.2) is 9.97 Å². The second-order valence-electron chi connectivity index (χ2n) is 7.59. The van der Waals surface area contributed by atoms with Crippen LogP contribution < -0.4 is 16.4 Å². The second kappa shape index (κ2) is 8.50. The maximum absolute atomic E-state index is 13.2. The molecule has 31 heavy (non-hydrogen) atoms. The summed E-state index contributed by atoms with van der Waals surface area (Å²) in [4.78, 5) is 8.91. The zero-order chi connectivity index (χ0) is 23.0. The van der Waals surface area contributed by atoms with E-state index in [0.717, 1.165) is 17.4 Å². The molecule has 0 saturated carbocycles. The fraction of sp³-hybridized carbons (Fsp3) is 0.364. The number of benzene rings is 2. The summed E-state index contributed by atoms with van der Waals surface area (Å²) in [6.45, 7) is 7.29. The lowest BCUT2D eigenvalue weighted by molar-refractivity contribution is -0.137. The van der Waals surface area contributed by atoms with Crippen LogP contribution in [-0.4, -0.2) is 22.3 Å². The van der Waals surface area contributed by atoms with Crippen LogP contribution in [0, 0.1) is 6.92 Å². The molecule has 5 nitrogen and oxygen atoms in total. The molecule has 2 aromatic carbocycles. The summed E-state index contributed by atoms with van der Waals surface area (Å²) in [7, 11) is -2.52. The van der Waals surface area contributed by atoms with E-state index in [0.29, 0.717) is 40.4 Å². The van der Waals surface area contributed by atoms with Crippen molar-refractivity contribution in [2.75, 3.05) is 23.4 Å². The first-order valence-electron chi connectivity index (χ1n) is 10.1. The molecule has 9 heteroatoms. The maximum Gasteiger partial charge on any atom is 0.416 e. The van der Waals surface area contributed by atoms with Crippen molar-refractivity contribution in [3.8, 4) is 0 Å². The third kappa shape index (κ3) is 4.85. The minimum atomic E-state index is -4.49. The molecular weight excluding hydrogens is 424 g/mol. The van der Waals surface area contributed by atoms with Crippen LogP contribution in [0.1, 0.15) is 43.8 Å². The molecule has 3 N–H and O–H groups in total. The Morgan fingerprint density at radius 1 is 1.10 bits per heavy atom. The second-order valence-corrected chi connectivity index (χ2v) is 11.2. The predicted molar refractivity (Wildman–Crippen MR) is 120 cm³/mol. The highest BCUT2D eigenvalue weighted by Crippen LogP contribution is 2.44. The summed E-state index contributed by atoms with van der Waals surface area (Å²) in [5, 5.41) is 4.62. The number of rotatable bonds is 6. The summed E-state index contributed by atoms with van der Waals surface area (Å²) < 4.78 is 52.8. The number of fused-ring (bicyclic) bond motifs is 1. The Bertz CT molecular complexity index is 1160. The van der Waals surface area contributed by atoms with Crippen molar-refractivity contribution in [2.45, 2.75) is 39.9 Å². The summed E-state index contributed by atoms with van der Waals surface area (Å²) in [6.07, 6.45) is -3.40. The number of nitrogens with two attached hydrogens (primary N) is 1. The van der Waals surface area contributed by atoms with Crippen molar-refractivity contribution >= 4 is 34.9 Å².